The summed E-state index contributed by atoms with van der Waals surface area (Å²) in [6.07, 6.45) is 2.43. The lowest BCUT2D eigenvalue weighted by atomic mass is 9.64. The molecule has 0 radical (unpaired) electrons. The van der Waals surface area contributed by atoms with Gasteiger partial charge in [-0.05, 0) is 92.0 Å². The molecular formula is C31H32F4N2. The Balaban J connectivity index is 1.76. The second-order valence-corrected chi connectivity index (χ2v) is 10.3. The van der Waals surface area contributed by atoms with Crippen LogP contribution in [0.15, 0.2) is 72.1 Å². The van der Waals surface area contributed by atoms with E-state index in [1.54, 1.807) is 26.0 Å². The summed E-state index contributed by atoms with van der Waals surface area (Å²) < 4.78 is 55.2. The average Bonchev–Trinajstić information content (AvgIpc) is 2.85. The Morgan fingerprint density at radius 1 is 1.08 bits per heavy atom. The minimum atomic E-state index is -2.65. The van der Waals surface area contributed by atoms with E-state index < -0.39 is 12.4 Å². The van der Waals surface area contributed by atoms with Crippen LogP contribution >= 0.6 is 0 Å². The number of nitrogens with zero attached hydrogens (tertiary/aromatic N) is 1. The molecule has 2 aromatic carbocycles. The van der Waals surface area contributed by atoms with Crippen molar-refractivity contribution in [1.82, 2.24) is 4.98 Å². The Labute approximate surface area is 216 Å². The number of halogens is 4. The minimum Gasteiger partial charge on any atom is -0.355 e. The third-order valence-electron chi connectivity index (χ3n) is 7.86. The first kappa shape index (κ1) is 26.6. The molecule has 1 aliphatic rings. The number of nitrogens with one attached hydrogen (secondary N) is 1. The standard InChI is InChI=1S/C31H32F4N2/c1-18-7-8-22(19(2)29(18)33)15-25(20(3)31(5)13-6-14-31)21(4)37-27-11-9-23(30(34)35)16-26(27)24-10-12-28(32)36-17-24/h7-12,16-17,30,37H,4,6,13-15H2,1-3,5H3/b25-20+. The molecular weight excluding hydrogens is 476 g/mol. The van der Waals surface area contributed by atoms with E-state index in [4.69, 9.17) is 0 Å². The molecule has 2 nitrogen and oxygen atoms in total. The van der Waals surface area contributed by atoms with Gasteiger partial charge in [-0.3, -0.25) is 0 Å². The Kier molecular flexibility index (Phi) is 7.58. The molecule has 1 saturated carbocycles. The summed E-state index contributed by atoms with van der Waals surface area (Å²) in [4.78, 5) is 3.70. The van der Waals surface area contributed by atoms with Gasteiger partial charge in [0.1, 0.15) is 5.82 Å². The SMILES string of the molecule is C=C(Nc1ccc(C(F)F)cc1-c1ccc(F)nc1)/C(Cc1ccc(C)c(F)c1C)=C(\C)C1(C)CCC1. The van der Waals surface area contributed by atoms with Crippen molar-refractivity contribution in [2.45, 2.75) is 59.8 Å². The zero-order chi connectivity index (χ0) is 26.9. The number of alkyl halides is 2. The molecule has 3 aromatic rings. The number of aryl methyl sites for hydroxylation is 1. The molecule has 0 saturated heterocycles. The predicted octanol–water partition coefficient (Wildman–Crippen LogP) is 9.26. The maximum atomic E-state index is 14.7. The summed E-state index contributed by atoms with van der Waals surface area (Å²) in [7, 11) is 0. The number of hydrogen-bond acceptors (Lipinski definition) is 2. The lowest BCUT2D eigenvalue weighted by molar-refractivity contribution is 0.151. The zero-order valence-corrected chi connectivity index (χ0v) is 21.7. The van der Waals surface area contributed by atoms with Crippen LogP contribution < -0.4 is 5.32 Å². The molecule has 0 aliphatic heterocycles. The van der Waals surface area contributed by atoms with Crippen LogP contribution in [0.4, 0.5) is 23.2 Å². The van der Waals surface area contributed by atoms with Crippen LogP contribution in [0.25, 0.3) is 11.1 Å². The van der Waals surface area contributed by atoms with Crippen molar-refractivity contribution in [3.05, 3.63) is 106 Å². The summed E-state index contributed by atoms with van der Waals surface area (Å²) in [5, 5.41) is 3.34. The van der Waals surface area contributed by atoms with Gasteiger partial charge in [0, 0.05) is 34.3 Å². The van der Waals surface area contributed by atoms with Gasteiger partial charge in [0.15, 0.2) is 0 Å². The van der Waals surface area contributed by atoms with Crippen molar-refractivity contribution >= 4 is 5.69 Å². The highest BCUT2D eigenvalue weighted by molar-refractivity contribution is 5.80. The molecule has 6 heteroatoms. The molecule has 0 spiro atoms. The Morgan fingerprint density at radius 2 is 1.81 bits per heavy atom. The molecule has 0 amide bonds. The average molecular weight is 509 g/mol. The van der Waals surface area contributed by atoms with Crippen LogP contribution in [0, 0.1) is 31.0 Å². The fourth-order valence-corrected chi connectivity index (χ4v) is 4.97. The monoisotopic (exact) mass is 508 g/mol. The van der Waals surface area contributed by atoms with Crippen molar-refractivity contribution in [3.8, 4) is 11.1 Å². The number of rotatable bonds is 8. The Morgan fingerprint density at radius 3 is 2.41 bits per heavy atom. The summed E-state index contributed by atoms with van der Waals surface area (Å²) in [5.74, 6) is -0.861. The van der Waals surface area contributed by atoms with Crippen LogP contribution in [-0.2, 0) is 6.42 Å². The van der Waals surface area contributed by atoms with Gasteiger partial charge in [0.2, 0.25) is 5.95 Å². The van der Waals surface area contributed by atoms with Crippen molar-refractivity contribution in [3.63, 3.8) is 0 Å². The summed E-state index contributed by atoms with van der Waals surface area (Å²) >= 11 is 0. The van der Waals surface area contributed by atoms with E-state index in [2.05, 4.69) is 30.7 Å². The number of pyridine rings is 1. The second-order valence-electron chi connectivity index (χ2n) is 10.3. The van der Waals surface area contributed by atoms with Gasteiger partial charge in [0.05, 0.1) is 0 Å². The molecule has 0 atom stereocenters. The summed E-state index contributed by atoms with van der Waals surface area (Å²) in [6, 6.07) is 10.8. The maximum Gasteiger partial charge on any atom is 0.263 e. The number of hydrogen-bond donors (Lipinski definition) is 1. The fourth-order valence-electron chi connectivity index (χ4n) is 4.97. The highest BCUT2D eigenvalue weighted by Crippen LogP contribution is 2.48. The lowest BCUT2D eigenvalue weighted by Gasteiger charge is -2.41. The zero-order valence-electron chi connectivity index (χ0n) is 21.7. The molecule has 1 N–H and O–H groups in total. The van der Waals surface area contributed by atoms with E-state index in [1.165, 1.54) is 36.0 Å². The van der Waals surface area contributed by atoms with E-state index >= 15 is 0 Å². The molecule has 0 bridgehead atoms. The fraction of sp³-hybridized carbons (Fsp3) is 0.323. The molecule has 194 valence electrons. The number of aromatic nitrogens is 1. The van der Waals surface area contributed by atoms with Crippen LogP contribution in [0.3, 0.4) is 0 Å². The van der Waals surface area contributed by atoms with Crippen molar-refractivity contribution in [2.24, 2.45) is 5.41 Å². The molecule has 1 aliphatic carbocycles. The first-order valence-corrected chi connectivity index (χ1v) is 12.5. The van der Waals surface area contributed by atoms with Gasteiger partial charge in [-0.15, -0.1) is 0 Å². The maximum absolute atomic E-state index is 14.7. The van der Waals surface area contributed by atoms with Crippen LogP contribution in [0.5, 0.6) is 0 Å². The topological polar surface area (TPSA) is 24.9 Å². The van der Waals surface area contributed by atoms with Crippen LogP contribution in [0.1, 0.15) is 61.8 Å². The summed E-state index contributed by atoms with van der Waals surface area (Å²) in [5.41, 5.74) is 6.26. The van der Waals surface area contributed by atoms with E-state index in [9.17, 15) is 17.6 Å². The van der Waals surface area contributed by atoms with Gasteiger partial charge >= 0.3 is 0 Å². The predicted molar refractivity (Wildman–Crippen MR) is 142 cm³/mol. The molecule has 1 aromatic heterocycles. The van der Waals surface area contributed by atoms with Gasteiger partial charge in [0.25, 0.3) is 6.43 Å². The normalized spacial score (nSPS) is 15.3. The Bertz CT molecular complexity index is 1350. The largest absolute Gasteiger partial charge is 0.355 e. The van der Waals surface area contributed by atoms with E-state index in [-0.39, 0.29) is 16.8 Å². The Hall–Kier alpha value is -3.41. The number of anilines is 1. The third kappa shape index (κ3) is 5.48. The van der Waals surface area contributed by atoms with E-state index in [0.717, 1.165) is 30.4 Å². The molecule has 4 rings (SSSR count). The highest BCUT2D eigenvalue weighted by Gasteiger charge is 2.35. The summed E-state index contributed by atoms with van der Waals surface area (Å²) in [6.45, 7) is 12.2. The third-order valence-corrected chi connectivity index (χ3v) is 7.86. The number of allylic oxidation sites excluding steroid dienone is 2. The van der Waals surface area contributed by atoms with Crippen LogP contribution in [-0.4, -0.2) is 4.98 Å². The van der Waals surface area contributed by atoms with Crippen molar-refractivity contribution in [1.29, 1.82) is 0 Å². The number of benzene rings is 2. The quantitative estimate of drug-likeness (QED) is 0.186. The molecule has 37 heavy (non-hydrogen) atoms. The van der Waals surface area contributed by atoms with Crippen LogP contribution in [0.2, 0.25) is 0 Å². The van der Waals surface area contributed by atoms with Gasteiger partial charge in [-0.2, -0.15) is 4.39 Å². The lowest BCUT2D eigenvalue weighted by Crippen LogP contribution is -2.28. The first-order chi connectivity index (χ1) is 17.5. The van der Waals surface area contributed by atoms with E-state index in [1.807, 2.05) is 6.07 Å². The van der Waals surface area contributed by atoms with Gasteiger partial charge < -0.3 is 5.32 Å². The molecule has 1 fully saturated rings. The second kappa shape index (κ2) is 10.5. The van der Waals surface area contributed by atoms with Crippen molar-refractivity contribution in [2.75, 3.05) is 5.32 Å². The van der Waals surface area contributed by atoms with Gasteiger partial charge in [-0.1, -0.05) is 43.7 Å². The first-order valence-electron chi connectivity index (χ1n) is 12.5. The minimum absolute atomic E-state index is 0.0281. The molecule has 1 heterocycles. The van der Waals surface area contributed by atoms with Gasteiger partial charge in [-0.25, -0.2) is 18.2 Å². The highest BCUT2D eigenvalue weighted by atomic mass is 19.3. The van der Waals surface area contributed by atoms with Crippen molar-refractivity contribution < 1.29 is 17.6 Å². The smallest absolute Gasteiger partial charge is 0.263 e. The molecule has 0 unspecified atom stereocenters. The van der Waals surface area contributed by atoms with E-state index in [0.29, 0.717) is 40.1 Å².